The Kier molecular flexibility index (Phi) is 4.19. The van der Waals surface area contributed by atoms with Gasteiger partial charge in [-0.05, 0) is 12.1 Å². The molecule has 2 rings (SSSR count). The molecule has 7 heteroatoms. The van der Waals surface area contributed by atoms with Crippen LogP contribution in [0.2, 0.25) is 0 Å². The minimum absolute atomic E-state index is 0.282. The van der Waals surface area contributed by atoms with Crippen molar-refractivity contribution in [1.82, 2.24) is 10.3 Å². The largest absolute Gasteiger partial charge is 0.491 e. The summed E-state index contributed by atoms with van der Waals surface area (Å²) >= 11 is 0. The van der Waals surface area contributed by atoms with Gasteiger partial charge in [0.1, 0.15) is 19.0 Å². The predicted molar refractivity (Wildman–Crippen MR) is 66.5 cm³/mol. The maximum atomic E-state index is 11.5. The summed E-state index contributed by atoms with van der Waals surface area (Å²) in [5, 5.41) is 0. The maximum absolute atomic E-state index is 11.5. The van der Waals surface area contributed by atoms with Gasteiger partial charge in [-0.1, -0.05) is 12.1 Å². The molecule has 2 amide bonds. The molecule has 3 N–H and O–H groups in total. The molecule has 1 fully saturated rings. The summed E-state index contributed by atoms with van der Waals surface area (Å²) in [5.41, 5.74) is 2.41. The van der Waals surface area contributed by atoms with E-state index >= 15 is 0 Å². The van der Waals surface area contributed by atoms with Gasteiger partial charge in [-0.15, -0.1) is 0 Å². The average Bonchev–Trinajstić information content (AvgIpc) is 2.84. The van der Waals surface area contributed by atoms with Crippen LogP contribution in [-0.4, -0.2) is 43.2 Å². The molecule has 0 atom stereocenters. The van der Waals surface area contributed by atoms with Crippen LogP contribution in [0.3, 0.4) is 0 Å². The number of nitrogens with one attached hydrogen (secondary N) is 1. The summed E-state index contributed by atoms with van der Waals surface area (Å²) in [6.07, 6.45) is -0.336. The van der Waals surface area contributed by atoms with E-state index in [4.69, 9.17) is 15.3 Å². The van der Waals surface area contributed by atoms with Crippen molar-refractivity contribution >= 4 is 12.0 Å². The van der Waals surface area contributed by atoms with Crippen molar-refractivity contribution in [2.75, 3.05) is 26.3 Å². The molecule has 0 bridgehead atoms. The fourth-order valence-electron chi connectivity index (χ4n) is 1.75. The number of amides is 2. The Balaban J connectivity index is 1.92. The Morgan fingerprint density at radius 1 is 1.47 bits per heavy atom. The Labute approximate surface area is 110 Å². The van der Waals surface area contributed by atoms with Gasteiger partial charge in [0.2, 0.25) is 0 Å². The number of hydrogen-bond acceptors (Lipinski definition) is 5. The second-order valence-corrected chi connectivity index (χ2v) is 3.92. The summed E-state index contributed by atoms with van der Waals surface area (Å²) in [5.74, 6) is 5.10. The van der Waals surface area contributed by atoms with Crippen LogP contribution in [0.5, 0.6) is 5.75 Å². The third kappa shape index (κ3) is 3.14. The molecule has 1 aliphatic heterocycles. The SMILES string of the molecule is NNC(=O)c1ccccc1OCCN1CCOC1=O. The minimum Gasteiger partial charge on any atom is -0.491 e. The zero-order valence-corrected chi connectivity index (χ0v) is 10.3. The molecular weight excluding hydrogens is 250 g/mol. The van der Waals surface area contributed by atoms with Crippen LogP contribution in [0, 0.1) is 0 Å². The van der Waals surface area contributed by atoms with E-state index in [1.807, 2.05) is 0 Å². The zero-order valence-electron chi connectivity index (χ0n) is 10.3. The average molecular weight is 265 g/mol. The number of benzene rings is 1. The van der Waals surface area contributed by atoms with Gasteiger partial charge in [0.15, 0.2) is 0 Å². The van der Waals surface area contributed by atoms with Crippen molar-refractivity contribution < 1.29 is 19.1 Å². The number of nitrogens with zero attached hydrogens (tertiary/aromatic N) is 1. The van der Waals surface area contributed by atoms with Crippen molar-refractivity contribution in [2.24, 2.45) is 5.84 Å². The summed E-state index contributed by atoms with van der Waals surface area (Å²) in [7, 11) is 0. The summed E-state index contributed by atoms with van der Waals surface area (Å²) in [6.45, 7) is 1.67. The molecule has 0 radical (unpaired) electrons. The highest BCUT2D eigenvalue weighted by Gasteiger charge is 2.21. The van der Waals surface area contributed by atoms with Gasteiger partial charge in [-0.2, -0.15) is 0 Å². The van der Waals surface area contributed by atoms with Crippen LogP contribution < -0.4 is 16.0 Å². The van der Waals surface area contributed by atoms with Crippen LogP contribution >= 0.6 is 0 Å². The lowest BCUT2D eigenvalue weighted by Crippen LogP contribution is -2.31. The van der Waals surface area contributed by atoms with Gasteiger partial charge >= 0.3 is 6.09 Å². The molecule has 0 aliphatic carbocycles. The van der Waals surface area contributed by atoms with Gasteiger partial charge < -0.3 is 14.4 Å². The van der Waals surface area contributed by atoms with E-state index in [2.05, 4.69) is 5.43 Å². The lowest BCUT2D eigenvalue weighted by atomic mass is 10.2. The lowest BCUT2D eigenvalue weighted by Gasteiger charge is -2.14. The molecule has 0 spiro atoms. The van der Waals surface area contributed by atoms with Crippen molar-refractivity contribution in [2.45, 2.75) is 0 Å². The van der Waals surface area contributed by atoms with Gasteiger partial charge in [0, 0.05) is 0 Å². The number of nitrogens with two attached hydrogens (primary N) is 1. The number of hydrazine groups is 1. The van der Waals surface area contributed by atoms with E-state index in [1.54, 1.807) is 29.2 Å². The fraction of sp³-hybridized carbons (Fsp3) is 0.333. The van der Waals surface area contributed by atoms with Crippen molar-refractivity contribution in [3.63, 3.8) is 0 Å². The molecule has 0 aromatic heterocycles. The molecule has 0 unspecified atom stereocenters. The summed E-state index contributed by atoms with van der Waals surface area (Å²) in [4.78, 5) is 24.3. The van der Waals surface area contributed by atoms with Crippen LogP contribution in [0.15, 0.2) is 24.3 Å². The highest BCUT2D eigenvalue weighted by molar-refractivity contribution is 5.96. The van der Waals surface area contributed by atoms with E-state index in [0.717, 1.165) is 0 Å². The minimum atomic E-state index is -0.420. The van der Waals surface area contributed by atoms with Crippen LogP contribution in [-0.2, 0) is 4.74 Å². The third-order valence-corrected chi connectivity index (χ3v) is 2.73. The van der Waals surface area contributed by atoms with Crippen LogP contribution in [0.1, 0.15) is 10.4 Å². The molecule has 0 saturated carbocycles. The monoisotopic (exact) mass is 265 g/mol. The molecule has 1 aromatic carbocycles. The molecule has 7 nitrogen and oxygen atoms in total. The topological polar surface area (TPSA) is 93.9 Å². The summed E-state index contributed by atoms with van der Waals surface area (Å²) in [6, 6.07) is 6.76. The smallest absolute Gasteiger partial charge is 0.410 e. The van der Waals surface area contributed by atoms with Gasteiger partial charge in [-0.25, -0.2) is 10.6 Å². The first kappa shape index (κ1) is 13.2. The number of carbonyl (C=O) groups is 2. The Morgan fingerprint density at radius 3 is 2.95 bits per heavy atom. The Morgan fingerprint density at radius 2 is 2.26 bits per heavy atom. The second kappa shape index (κ2) is 6.05. The van der Waals surface area contributed by atoms with Gasteiger partial charge in [0.05, 0.1) is 18.7 Å². The number of ether oxygens (including phenoxy) is 2. The third-order valence-electron chi connectivity index (χ3n) is 2.73. The standard InChI is InChI=1S/C12H15N3O4/c13-14-11(16)9-3-1-2-4-10(9)18-7-5-15-6-8-19-12(15)17/h1-4H,5-8,13H2,(H,14,16). The quantitative estimate of drug-likeness (QED) is 0.448. The number of cyclic esters (lactones) is 1. The predicted octanol–water partition coefficient (Wildman–Crippen LogP) is 0.121. The summed E-state index contributed by atoms with van der Waals surface area (Å²) < 4.78 is 10.3. The van der Waals surface area contributed by atoms with E-state index in [9.17, 15) is 9.59 Å². The molecule has 1 aromatic rings. The highest BCUT2D eigenvalue weighted by atomic mass is 16.6. The van der Waals surface area contributed by atoms with Gasteiger partial charge in [-0.3, -0.25) is 10.2 Å². The van der Waals surface area contributed by atoms with Crippen molar-refractivity contribution in [3.05, 3.63) is 29.8 Å². The first-order chi connectivity index (χ1) is 9.22. The normalized spacial score (nSPS) is 14.2. The van der Waals surface area contributed by atoms with E-state index < -0.39 is 5.91 Å². The maximum Gasteiger partial charge on any atom is 0.410 e. The fourth-order valence-corrected chi connectivity index (χ4v) is 1.75. The van der Waals surface area contributed by atoms with Gasteiger partial charge in [0.25, 0.3) is 5.91 Å². The van der Waals surface area contributed by atoms with Crippen LogP contribution in [0.4, 0.5) is 4.79 Å². The number of hydrogen-bond donors (Lipinski definition) is 2. The molecule has 102 valence electrons. The van der Waals surface area contributed by atoms with Crippen molar-refractivity contribution in [1.29, 1.82) is 0 Å². The molecular formula is C12H15N3O4. The highest BCUT2D eigenvalue weighted by Crippen LogP contribution is 2.17. The molecule has 1 heterocycles. The van der Waals surface area contributed by atoms with Crippen molar-refractivity contribution in [3.8, 4) is 5.75 Å². The first-order valence-corrected chi connectivity index (χ1v) is 5.87. The second-order valence-electron chi connectivity index (χ2n) is 3.92. The number of carbonyl (C=O) groups excluding carboxylic acids is 2. The van der Waals surface area contributed by atoms with E-state index in [1.165, 1.54) is 0 Å². The Hall–Kier alpha value is -2.28. The Bertz CT molecular complexity index is 478. The number of rotatable bonds is 5. The van der Waals surface area contributed by atoms with Crippen LogP contribution in [0.25, 0.3) is 0 Å². The number of para-hydroxylation sites is 1. The molecule has 1 aliphatic rings. The van der Waals surface area contributed by atoms with E-state index in [-0.39, 0.29) is 12.7 Å². The first-order valence-electron chi connectivity index (χ1n) is 5.87. The molecule has 19 heavy (non-hydrogen) atoms. The molecule has 1 saturated heterocycles. The van der Waals surface area contributed by atoms with E-state index in [0.29, 0.717) is 31.0 Å². The zero-order chi connectivity index (χ0) is 13.7. The number of nitrogen functional groups attached to an aromatic ring is 1. The lowest BCUT2D eigenvalue weighted by molar-refractivity contribution is 0.0948.